The average Bonchev–Trinajstić information content (AvgIpc) is 3.80. The van der Waals surface area contributed by atoms with Crippen LogP contribution < -0.4 is 4.74 Å². The first kappa shape index (κ1) is 38.2. The third-order valence-corrected chi connectivity index (χ3v) is 11.2. The number of carboxylic acid groups (broad SMARTS) is 2. The lowest BCUT2D eigenvalue weighted by atomic mass is 9.80. The SMILES string of the molecule is CCc1cc(OCc2ccccc2)ccc1-c1ccc2c(-c3nc4c(n3Cc3cccc(C(C)(C)C)c3Cc3ccccc3)CN(C(=O)O)C(C(=O)O)C4)n[nH]c2c1. The van der Waals surface area contributed by atoms with Crippen LogP contribution in [-0.4, -0.2) is 53.0 Å². The van der Waals surface area contributed by atoms with Crippen molar-refractivity contribution in [1.29, 1.82) is 0 Å². The summed E-state index contributed by atoms with van der Waals surface area (Å²) in [6.07, 6.45) is 0.201. The first-order valence-electron chi connectivity index (χ1n) is 19.7. The highest BCUT2D eigenvalue weighted by atomic mass is 16.5. The second-order valence-electron chi connectivity index (χ2n) is 16.0. The van der Waals surface area contributed by atoms with Gasteiger partial charge in [-0.3, -0.25) is 10.00 Å². The Kier molecular flexibility index (Phi) is 10.3. The summed E-state index contributed by atoms with van der Waals surface area (Å²) in [7, 11) is 0. The number of aromatic amines is 1. The molecule has 0 radical (unpaired) electrons. The Hall–Kier alpha value is -6.68. The molecule has 1 aliphatic rings. The summed E-state index contributed by atoms with van der Waals surface area (Å²) in [5.74, 6) is 0.172. The van der Waals surface area contributed by atoms with Gasteiger partial charge in [-0.05, 0) is 87.0 Å². The number of aromatic nitrogens is 4. The predicted octanol–water partition coefficient (Wildman–Crippen LogP) is 9.66. The van der Waals surface area contributed by atoms with Crippen molar-refractivity contribution in [1.82, 2.24) is 24.6 Å². The Balaban J connectivity index is 1.21. The molecule has 8 rings (SSSR count). The summed E-state index contributed by atoms with van der Waals surface area (Å²) in [5.41, 5.74) is 11.6. The topological polar surface area (TPSA) is 134 Å². The molecule has 58 heavy (non-hydrogen) atoms. The van der Waals surface area contributed by atoms with Crippen molar-refractivity contribution in [3.63, 3.8) is 0 Å². The van der Waals surface area contributed by atoms with Gasteiger partial charge >= 0.3 is 12.1 Å². The second kappa shape index (κ2) is 15.7. The van der Waals surface area contributed by atoms with Crippen LogP contribution in [0.4, 0.5) is 4.79 Å². The van der Waals surface area contributed by atoms with Crippen LogP contribution in [-0.2, 0) is 49.2 Å². The van der Waals surface area contributed by atoms with Gasteiger partial charge in [-0.2, -0.15) is 5.10 Å². The highest BCUT2D eigenvalue weighted by Gasteiger charge is 2.39. The number of benzene rings is 5. The van der Waals surface area contributed by atoms with E-state index in [9.17, 15) is 19.8 Å². The van der Waals surface area contributed by atoms with Gasteiger partial charge in [0.25, 0.3) is 0 Å². The number of hydrogen-bond donors (Lipinski definition) is 3. The van der Waals surface area contributed by atoms with Gasteiger partial charge in [0.05, 0.1) is 23.4 Å². The largest absolute Gasteiger partial charge is 0.489 e. The van der Waals surface area contributed by atoms with Gasteiger partial charge in [-0.25, -0.2) is 14.6 Å². The van der Waals surface area contributed by atoms with E-state index in [1.54, 1.807) is 0 Å². The number of ether oxygens (including phenoxy) is 1. The Morgan fingerprint density at radius 1 is 0.862 bits per heavy atom. The van der Waals surface area contributed by atoms with E-state index in [-0.39, 0.29) is 18.4 Å². The summed E-state index contributed by atoms with van der Waals surface area (Å²) >= 11 is 0. The van der Waals surface area contributed by atoms with Crippen LogP contribution >= 0.6 is 0 Å². The summed E-state index contributed by atoms with van der Waals surface area (Å²) in [6, 6.07) is 38.1. The zero-order valence-electron chi connectivity index (χ0n) is 33.2. The molecule has 7 aromatic rings. The molecule has 0 aliphatic carbocycles. The molecule has 1 unspecified atom stereocenters. The zero-order valence-corrected chi connectivity index (χ0v) is 33.2. The maximum absolute atomic E-state index is 12.5. The van der Waals surface area contributed by atoms with Gasteiger partial charge in [0.1, 0.15) is 24.1 Å². The van der Waals surface area contributed by atoms with E-state index in [1.165, 1.54) is 16.7 Å². The predicted molar refractivity (Wildman–Crippen MR) is 225 cm³/mol. The fourth-order valence-electron chi connectivity index (χ4n) is 8.21. The molecule has 294 valence electrons. The highest BCUT2D eigenvalue weighted by Crippen LogP contribution is 2.37. The monoisotopic (exact) mass is 773 g/mol. The number of carbonyl (C=O) groups is 2. The number of carboxylic acids is 1. The molecule has 0 saturated heterocycles. The molecule has 10 nitrogen and oxygen atoms in total. The van der Waals surface area contributed by atoms with Crippen LogP contribution in [0.1, 0.15) is 72.5 Å². The number of aliphatic carboxylic acids is 1. The van der Waals surface area contributed by atoms with Crippen LogP contribution in [0.5, 0.6) is 5.75 Å². The molecular weight excluding hydrogens is 727 g/mol. The van der Waals surface area contributed by atoms with E-state index < -0.39 is 18.1 Å². The van der Waals surface area contributed by atoms with E-state index in [1.807, 2.05) is 53.1 Å². The van der Waals surface area contributed by atoms with E-state index >= 15 is 0 Å². The van der Waals surface area contributed by atoms with Crippen LogP contribution in [0.2, 0.25) is 0 Å². The number of aryl methyl sites for hydroxylation is 1. The third-order valence-electron chi connectivity index (χ3n) is 11.2. The van der Waals surface area contributed by atoms with Crippen LogP contribution in [0.15, 0.2) is 115 Å². The molecule has 1 amide bonds. The fourth-order valence-corrected chi connectivity index (χ4v) is 8.21. The summed E-state index contributed by atoms with van der Waals surface area (Å²) < 4.78 is 8.19. The Morgan fingerprint density at radius 2 is 1.60 bits per heavy atom. The van der Waals surface area contributed by atoms with Crippen molar-refractivity contribution in [2.24, 2.45) is 0 Å². The third kappa shape index (κ3) is 7.57. The molecule has 3 N–H and O–H groups in total. The summed E-state index contributed by atoms with van der Waals surface area (Å²) in [5, 5.41) is 29.2. The van der Waals surface area contributed by atoms with Crippen molar-refractivity contribution >= 4 is 23.0 Å². The molecule has 0 spiro atoms. The maximum atomic E-state index is 12.5. The molecule has 0 saturated carbocycles. The van der Waals surface area contributed by atoms with Crippen molar-refractivity contribution in [2.45, 2.75) is 78.1 Å². The number of rotatable bonds is 11. The summed E-state index contributed by atoms with van der Waals surface area (Å²) in [6.45, 7) is 9.54. The lowest BCUT2D eigenvalue weighted by molar-refractivity contribution is -0.143. The minimum Gasteiger partial charge on any atom is -0.489 e. The quantitative estimate of drug-likeness (QED) is 0.119. The molecule has 0 bridgehead atoms. The van der Waals surface area contributed by atoms with E-state index in [2.05, 4.69) is 99.5 Å². The first-order valence-corrected chi connectivity index (χ1v) is 19.7. The van der Waals surface area contributed by atoms with Crippen molar-refractivity contribution in [3.8, 4) is 28.4 Å². The van der Waals surface area contributed by atoms with Gasteiger partial charge in [-0.1, -0.05) is 119 Å². The number of imidazole rings is 1. The number of hydrogen-bond acceptors (Lipinski definition) is 5. The maximum Gasteiger partial charge on any atom is 0.408 e. The molecule has 5 aromatic carbocycles. The highest BCUT2D eigenvalue weighted by molar-refractivity contribution is 5.94. The normalized spacial score (nSPS) is 14.1. The Labute approximate surface area is 337 Å². The van der Waals surface area contributed by atoms with Gasteiger partial charge in [-0.15, -0.1) is 0 Å². The standard InChI is InChI=1S/C48H47N5O5/c1-5-32-24-35(58-29-31-15-10-7-11-16-31)20-22-36(32)33-19-21-37-40(25-33)50-51-44(37)45-49-41-26-42(46(54)55)53(47(56)57)28-43(41)52(45)27-34-17-12-18-39(48(2,3)4)38(34)23-30-13-8-6-9-14-30/h6-22,24-25,42H,5,23,26-29H2,1-4H3,(H,50,51)(H,54,55)(H,56,57). The van der Waals surface area contributed by atoms with Gasteiger partial charge in [0.2, 0.25) is 0 Å². The number of H-pyrrole nitrogens is 1. The van der Waals surface area contributed by atoms with E-state index in [0.29, 0.717) is 42.5 Å². The molecule has 1 atom stereocenters. The average molecular weight is 774 g/mol. The molecular formula is C48H47N5O5. The number of nitrogens with zero attached hydrogens (tertiary/aromatic N) is 4. The molecule has 0 fully saturated rings. The van der Waals surface area contributed by atoms with Gasteiger partial charge < -0.3 is 19.5 Å². The molecule has 10 heteroatoms. The van der Waals surface area contributed by atoms with Gasteiger partial charge in [0, 0.05) is 18.4 Å². The molecule has 1 aliphatic heterocycles. The van der Waals surface area contributed by atoms with Crippen molar-refractivity contribution < 1.29 is 24.5 Å². The fraction of sp³-hybridized carbons (Fsp3) is 0.250. The lowest BCUT2D eigenvalue weighted by Gasteiger charge is -2.31. The zero-order chi connectivity index (χ0) is 40.6. The molecule has 2 aromatic heterocycles. The Bertz CT molecular complexity index is 2620. The van der Waals surface area contributed by atoms with Crippen molar-refractivity contribution in [3.05, 3.63) is 160 Å². The van der Waals surface area contributed by atoms with E-state index in [0.717, 1.165) is 55.8 Å². The van der Waals surface area contributed by atoms with Crippen LogP contribution in [0, 0.1) is 0 Å². The minimum atomic E-state index is -1.29. The smallest absolute Gasteiger partial charge is 0.408 e. The van der Waals surface area contributed by atoms with Crippen LogP contribution in [0.25, 0.3) is 33.5 Å². The number of fused-ring (bicyclic) bond motifs is 2. The van der Waals surface area contributed by atoms with E-state index in [4.69, 9.17) is 14.8 Å². The first-order chi connectivity index (χ1) is 28.0. The van der Waals surface area contributed by atoms with Crippen molar-refractivity contribution in [2.75, 3.05) is 0 Å². The van der Waals surface area contributed by atoms with Gasteiger partial charge in [0.15, 0.2) is 5.82 Å². The molecule has 3 heterocycles. The number of amides is 1. The second-order valence-corrected chi connectivity index (χ2v) is 16.0. The number of nitrogens with one attached hydrogen (secondary N) is 1. The Morgan fingerprint density at radius 3 is 2.29 bits per heavy atom. The lowest BCUT2D eigenvalue weighted by Crippen LogP contribution is -2.48. The minimum absolute atomic E-state index is 0.0484. The summed E-state index contributed by atoms with van der Waals surface area (Å²) in [4.78, 5) is 30.9. The van der Waals surface area contributed by atoms with Crippen LogP contribution in [0.3, 0.4) is 0 Å².